The number of anilines is 4. The molecule has 10 nitrogen and oxygen atoms in total. The van der Waals surface area contributed by atoms with Crippen molar-refractivity contribution in [2.24, 2.45) is 0 Å². The summed E-state index contributed by atoms with van der Waals surface area (Å²) in [5, 5.41) is 6.34. The third-order valence-electron chi connectivity index (χ3n) is 5.63. The molecule has 186 valence electrons. The summed E-state index contributed by atoms with van der Waals surface area (Å²) in [4.78, 5) is 8.70. The van der Waals surface area contributed by atoms with Crippen LogP contribution in [0.4, 0.5) is 23.1 Å². The Balaban J connectivity index is 1.56. The molecule has 0 atom stereocenters. The number of sulfonamides is 2. The molecule has 0 amide bonds. The second-order valence-corrected chi connectivity index (χ2v) is 12.2. The lowest BCUT2D eigenvalue weighted by atomic mass is 10.0. The molecule has 1 aromatic heterocycles. The number of para-hydroxylation sites is 1. The largest absolute Gasteiger partial charge is 0.338 e. The Morgan fingerprint density at radius 1 is 0.971 bits per heavy atom. The monoisotopic (exact) mass is 536 g/mol. The third-order valence-corrected chi connectivity index (χ3v) is 8.69. The first-order valence-electron chi connectivity index (χ1n) is 10.7. The number of hydrogen-bond donors (Lipinski definition) is 3. The summed E-state index contributed by atoms with van der Waals surface area (Å²) in [5.41, 5.74) is 3.21. The van der Waals surface area contributed by atoms with Crippen LogP contribution in [0, 0.1) is 0 Å². The molecule has 1 aliphatic rings. The Labute approximate surface area is 209 Å². The van der Waals surface area contributed by atoms with E-state index in [-0.39, 0.29) is 21.7 Å². The molecule has 4 rings (SSSR count). The quantitative estimate of drug-likeness (QED) is 0.420. The van der Waals surface area contributed by atoms with Gasteiger partial charge in [0, 0.05) is 18.8 Å². The average molecular weight is 537 g/mol. The lowest BCUT2D eigenvalue weighted by Gasteiger charge is -2.16. The summed E-state index contributed by atoms with van der Waals surface area (Å²) in [7, 11) is -5.60. The van der Waals surface area contributed by atoms with Gasteiger partial charge >= 0.3 is 0 Å². The Bertz CT molecular complexity index is 1460. The van der Waals surface area contributed by atoms with Crippen molar-refractivity contribution >= 4 is 54.8 Å². The SMILES string of the molecule is CNS(=O)(=O)c1ccccc1Nc1nc(Nc2ccc3c(c2)CCN(S(C)(=O)=O)CC3)ncc1Cl. The van der Waals surface area contributed by atoms with Crippen LogP contribution >= 0.6 is 11.6 Å². The molecule has 2 heterocycles. The minimum Gasteiger partial charge on any atom is -0.338 e. The van der Waals surface area contributed by atoms with Crippen LogP contribution in [0.15, 0.2) is 53.6 Å². The minimum absolute atomic E-state index is 0.0561. The number of fused-ring (bicyclic) bond motifs is 1. The van der Waals surface area contributed by atoms with E-state index in [1.165, 1.54) is 29.9 Å². The van der Waals surface area contributed by atoms with E-state index >= 15 is 0 Å². The van der Waals surface area contributed by atoms with E-state index < -0.39 is 20.0 Å². The second-order valence-electron chi connectivity index (χ2n) is 7.99. The Morgan fingerprint density at radius 3 is 2.40 bits per heavy atom. The molecule has 0 bridgehead atoms. The number of hydrogen-bond acceptors (Lipinski definition) is 8. The van der Waals surface area contributed by atoms with Gasteiger partial charge in [0.15, 0.2) is 5.82 Å². The summed E-state index contributed by atoms with van der Waals surface area (Å²) in [6.07, 6.45) is 3.89. The molecule has 35 heavy (non-hydrogen) atoms. The first-order valence-corrected chi connectivity index (χ1v) is 14.4. The zero-order valence-electron chi connectivity index (χ0n) is 19.1. The highest BCUT2D eigenvalue weighted by Crippen LogP contribution is 2.29. The van der Waals surface area contributed by atoms with Crippen molar-refractivity contribution in [2.75, 3.05) is 37.0 Å². The van der Waals surface area contributed by atoms with Crippen LogP contribution in [0.5, 0.6) is 0 Å². The first-order chi connectivity index (χ1) is 16.6. The highest BCUT2D eigenvalue weighted by Gasteiger charge is 2.21. The zero-order valence-corrected chi connectivity index (χ0v) is 21.5. The third kappa shape index (κ3) is 5.90. The molecule has 3 aromatic rings. The lowest BCUT2D eigenvalue weighted by Crippen LogP contribution is -2.32. The maximum atomic E-state index is 12.4. The van der Waals surface area contributed by atoms with Crippen molar-refractivity contribution < 1.29 is 16.8 Å². The Hall–Kier alpha value is -2.77. The van der Waals surface area contributed by atoms with Gasteiger partial charge in [0.25, 0.3) is 0 Å². The molecule has 0 radical (unpaired) electrons. The summed E-state index contributed by atoms with van der Waals surface area (Å²) in [6, 6.07) is 12.2. The molecule has 0 fully saturated rings. The van der Waals surface area contributed by atoms with Gasteiger partial charge in [-0.25, -0.2) is 30.8 Å². The Kier molecular flexibility index (Phi) is 7.29. The molecule has 0 spiro atoms. The molecule has 1 aliphatic heterocycles. The zero-order chi connectivity index (χ0) is 25.2. The molecule has 0 aliphatic carbocycles. The lowest BCUT2D eigenvalue weighted by molar-refractivity contribution is 0.431. The maximum Gasteiger partial charge on any atom is 0.242 e. The summed E-state index contributed by atoms with van der Waals surface area (Å²) >= 11 is 6.28. The van der Waals surface area contributed by atoms with Crippen molar-refractivity contribution in [1.82, 2.24) is 19.0 Å². The van der Waals surface area contributed by atoms with Gasteiger partial charge in [-0.2, -0.15) is 4.98 Å². The molecule has 0 unspecified atom stereocenters. The van der Waals surface area contributed by atoms with Gasteiger partial charge in [-0.3, -0.25) is 0 Å². The fourth-order valence-corrected chi connectivity index (χ4v) is 5.67. The average Bonchev–Trinajstić information content (AvgIpc) is 3.04. The van der Waals surface area contributed by atoms with E-state index in [4.69, 9.17) is 11.6 Å². The van der Waals surface area contributed by atoms with E-state index in [9.17, 15) is 16.8 Å². The van der Waals surface area contributed by atoms with Gasteiger partial charge in [0.1, 0.15) is 9.92 Å². The maximum absolute atomic E-state index is 12.4. The second kappa shape index (κ2) is 10.1. The van der Waals surface area contributed by atoms with Crippen LogP contribution < -0.4 is 15.4 Å². The summed E-state index contributed by atoms with van der Waals surface area (Å²) in [5.74, 6) is 0.499. The van der Waals surface area contributed by atoms with Crippen molar-refractivity contribution in [3.05, 3.63) is 64.8 Å². The number of halogens is 1. The Morgan fingerprint density at radius 2 is 1.69 bits per heavy atom. The molecular weight excluding hydrogens is 512 g/mol. The standard InChI is InChI=1S/C22H25ClN6O4S2/c1-24-35(32,33)20-6-4-3-5-19(20)27-21-18(23)14-25-22(28-21)26-17-8-7-15-9-11-29(34(2,30)31)12-10-16(15)13-17/h3-8,13-14,24H,9-12H2,1-2H3,(H2,25,26,27,28). The van der Waals surface area contributed by atoms with Crippen molar-refractivity contribution in [2.45, 2.75) is 17.7 Å². The van der Waals surface area contributed by atoms with Gasteiger partial charge in [-0.15, -0.1) is 0 Å². The van der Waals surface area contributed by atoms with Crippen LogP contribution in [-0.4, -0.2) is 57.5 Å². The van der Waals surface area contributed by atoms with Gasteiger partial charge in [0.05, 0.1) is 18.1 Å². The molecule has 0 saturated heterocycles. The number of rotatable bonds is 7. The van der Waals surface area contributed by atoms with E-state index in [1.807, 2.05) is 18.2 Å². The number of nitrogens with zero attached hydrogens (tertiary/aromatic N) is 3. The van der Waals surface area contributed by atoms with Crippen molar-refractivity contribution in [3.63, 3.8) is 0 Å². The molecule has 3 N–H and O–H groups in total. The van der Waals surface area contributed by atoms with Crippen LogP contribution in [0.25, 0.3) is 0 Å². The normalized spacial score (nSPS) is 14.7. The predicted octanol–water partition coefficient (Wildman–Crippen LogP) is 2.89. The van der Waals surface area contributed by atoms with Gasteiger partial charge in [-0.05, 0) is 55.3 Å². The van der Waals surface area contributed by atoms with Gasteiger partial charge < -0.3 is 10.6 Å². The first kappa shape index (κ1) is 25.3. The molecule has 13 heteroatoms. The minimum atomic E-state index is -3.70. The summed E-state index contributed by atoms with van der Waals surface area (Å²) in [6.45, 7) is 0.883. The van der Waals surface area contributed by atoms with Crippen LogP contribution in [-0.2, 0) is 32.9 Å². The predicted molar refractivity (Wildman–Crippen MR) is 137 cm³/mol. The number of nitrogens with one attached hydrogen (secondary N) is 3. The van der Waals surface area contributed by atoms with E-state index in [2.05, 4.69) is 25.3 Å². The highest BCUT2D eigenvalue weighted by molar-refractivity contribution is 7.89. The number of benzene rings is 2. The topological polar surface area (TPSA) is 133 Å². The highest BCUT2D eigenvalue weighted by atomic mass is 35.5. The fraction of sp³-hybridized carbons (Fsp3) is 0.273. The van der Waals surface area contributed by atoms with Crippen LogP contribution in [0.3, 0.4) is 0 Å². The molecular formula is C22H25ClN6O4S2. The smallest absolute Gasteiger partial charge is 0.242 e. The van der Waals surface area contributed by atoms with Crippen molar-refractivity contribution in [3.8, 4) is 0 Å². The van der Waals surface area contributed by atoms with Crippen LogP contribution in [0.2, 0.25) is 5.02 Å². The van der Waals surface area contributed by atoms with Gasteiger partial charge in [0.2, 0.25) is 26.0 Å². The summed E-state index contributed by atoms with van der Waals surface area (Å²) < 4.78 is 52.4. The van der Waals surface area contributed by atoms with E-state index in [1.54, 1.807) is 18.2 Å². The fourth-order valence-electron chi connectivity index (χ4n) is 3.80. The van der Waals surface area contributed by atoms with E-state index in [0.29, 0.717) is 31.6 Å². The van der Waals surface area contributed by atoms with Gasteiger partial charge in [-0.1, -0.05) is 29.8 Å². The van der Waals surface area contributed by atoms with Crippen LogP contribution in [0.1, 0.15) is 11.1 Å². The number of aromatic nitrogens is 2. The van der Waals surface area contributed by atoms with Crippen molar-refractivity contribution in [1.29, 1.82) is 0 Å². The van der Waals surface area contributed by atoms with E-state index in [0.717, 1.165) is 16.8 Å². The molecule has 2 aromatic carbocycles. The molecule has 0 saturated carbocycles.